The molecule has 4 nitrogen and oxygen atoms in total. The number of carbonyl (C=O) groups is 1. The molecule has 2 aromatic rings. The monoisotopic (exact) mass is 467 g/mol. The second-order valence-electron chi connectivity index (χ2n) is 4.84. The number of carbonyl (C=O) groups excluding carboxylic acids is 1. The molecule has 0 saturated heterocycles. The van der Waals surface area contributed by atoms with Crippen molar-refractivity contribution in [1.82, 2.24) is 0 Å². The molecule has 0 fully saturated rings. The zero-order valence-corrected chi connectivity index (χ0v) is 16.4. The molecule has 0 radical (unpaired) electrons. The standard InChI is InChI=1S/C17H11Br2NO3S/c1-23-12-8-11(18)14(19)10(15(12)21)7-13-16(22)20-17(24-13)9-5-3-2-4-6-9/h2-8,21H,1H3. The lowest BCUT2D eigenvalue weighted by Gasteiger charge is -2.10. The highest BCUT2D eigenvalue weighted by molar-refractivity contribution is 9.13. The van der Waals surface area contributed by atoms with Crippen molar-refractivity contribution in [1.29, 1.82) is 0 Å². The Morgan fingerprint density at radius 2 is 1.96 bits per heavy atom. The predicted octanol–water partition coefficient (Wildman–Crippen LogP) is 4.99. The van der Waals surface area contributed by atoms with Gasteiger partial charge in [0, 0.05) is 20.1 Å². The van der Waals surface area contributed by atoms with Gasteiger partial charge in [-0.3, -0.25) is 4.79 Å². The van der Waals surface area contributed by atoms with Gasteiger partial charge in [-0.15, -0.1) is 0 Å². The molecular weight excluding hydrogens is 458 g/mol. The molecule has 0 aromatic heterocycles. The maximum Gasteiger partial charge on any atom is 0.284 e. The lowest BCUT2D eigenvalue weighted by atomic mass is 10.1. The minimum absolute atomic E-state index is 0.0402. The molecule has 0 unspecified atom stereocenters. The first-order valence-corrected chi connectivity index (χ1v) is 9.24. The molecule has 3 rings (SSSR count). The maximum atomic E-state index is 12.2. The van der Waals surface area contributed by atoms with Gasteiger partial charge < -0.3 is 9.84 Å². The Hall–Kier alpha value is -1.57. The number of ether oxygens (including phenoxy) is 1. The highest BCUT2D eigenvalue weighted by Crippen LogP contribution is 2.43. The van der Waals surface area contributed by atoms with Crippen LogP contribution in [0.5, 0.6) is 11.5 Å². The lowest BCUT2D eigenvalue weighted by Crippen LogP contribution is -1.92. The minimum Gasteiger partial charge on any atom is -0.504 e. The molecule has 122 valence electrons. The van der Waals surface area contributed by atoms with Crippen LogP contribution < -0.4 is 4.74 Å². The summed E-state index contributed by atoms with van der Waals surface area (Å²) in [5.74, 6) is -0.0534. The fourth-order valence-corrected chi connectivity index (χ4v) is 3.88. The van der Waals surface area contributed by atoms with Gasteiger partial charge in [-0.2, -0.15) is 0 Å². The Balaban J connectivity index is 2.00. The van der Waals surface area contributed by atoms with E-state index in [0.29, 0.717) is 30.2 Å². The molecule has 0 saturated carbocycles. The number of amides is 1. The van der Waals surface area contributed by atoms with Gasteiger partial charge in [0.25, 0.3) is 5.91 Å². The first-order valence-electron chi connectivity index (χ1n) is 6.84. The van der Waals surface area contributed by atoms with Gasteiger partial charge in [-0.1, -0.05) is 42.1 Å². The summed E-state index contributed by atoms with van der Waals surface area (Å²) < 4.78 is 6.50. The first kappa shape index (κ1) is 17.3. The van der Waals surface area contributed by atoms with E-state index in [9.17, 15) is 9.90 Å². The lowest BCUT2D eigenvalue weighted by molar-refractivity contribution is -0.113. The fraction of sp³-hybridized carbons (Fsp3) is 0.0588. The van der Waals surface area contributed by atoms with Crippen LogP contribution in [0.4, 0.5) is 0 Å². The molecule has 1 amide bonds. The van der Waals surface area contributed by atoms with Crippen LogP contribution in [0.1, 0.15) is 11.1 Å². The average molecular weight is 469 g/mol. The van der Waals surface area contributed by atoms with Gasteiger partial charge in [0.15, 0.2) is 11.5 Å². The van der Waals surface area contributed by atoms with Crippen molar-refractivity contribution in [3.8, 4) is 11.5 Å². The smallest absolute Gasteiger partial charge is 0.284 e. The van der Waals surface area contributed by atoms with Crippen molar-refractivity contribution in [3.63, 3.8) is 0 Å². The van der Waals surface area contributed by atoms with E-state index in [1.807, 2.05) is 30.3 Å². The van der Waals surface area contributed by atoms with E-state index in [1.165, 1.54) is 18.9 Å². The Labute approximate surface area is 159 Å². The number of methoxy groups -OCH3 is 1. The van der Waals surface area contributed by atoms with E-state index in [4.69, 9.17) is 4.74 Å². The van der Waals surface area contributed by atoms with Gasteiger partial charge >= 0.3 is 0 Å². The average Bonchev–Trinajstić information content (AvgIpc) is 2.96. The first-order chi connectivity index (χ1) is 11.5. The van der Waals surface area contributed by atoms with E-state index in [-0.39, 0.29) is 11.7 Å². The van der Waals surface area contributed by atoms with Crippen molar-refractivity contribution >= 4 is 60.6 Å². The summed E-state index contributed by atoms with van der Waals surface area (Å²) in [6, 6.07) is 11.1. The van der Waals surface area contributed by atoms with Crippen LogP contribution in [0.25, 0.3) is 6.08 Å². The zero-order chi connectivity index (χ0) is 17.3. The third-order valence-electron chi connectivity index (χ3n) is 3.33. The number of rotatable bonds is 3. The van der Waals surface area contributed by atoms with Crippen LogP contribution in [0.15, 0.2) is 55.2 Å². The highest BCUT2D eigenvalue weighted by Gasteiger charge is 2.24. The third kappa shape index (κ3) is 3.29. The summed E-state index contributed by atoms with van der Waals surface area (Å²) in [5.41, 5.74) is 1.34. The number of halogens is 2. The quantitative estimate of drug-likeness (QED) is 0.645. The molecule has 0 atom stereocenters. The number of phenols is 1. The number of hydrogen-bond acceptors (Lipinski definition) is 4. The van der Waals surface area contributed by atoms with Gasteiger partial charge in [-0.05, 0) is 44.0 Å². The van der Waals surface area contributed by atoms with Gasteiger partial charge in [0.2, 0.25) is 0 Å². The summed E-state index contributed by atoms with van der Waals surface area (Å²) in [6.45, 7) is 0. The van der Waals surface area contributed by atoms with Crippen LogP contribution in [-0.2, 0) is 4.79 Å². The SMILES string of the molecule is COc1cc(Br)c(Br)c(C=C2SC(c3ccccc3)=NC2=O)c1O. The maximum absolute atomic E-state index is 12.2. The number of hydrogen-bond donors (Lipinski definition) is 1. The molecule has 1 N–H and O–H groups in total. The summed E-state index contributed by atoms with van der Waals surface area (Å²) in [5, 5.41) is 11.0. The van der Waals surface area contributed by atoms with Crippen molar-refractivity contribution < 1.29 is 14.6 Å². The van der Waals surface area contributed by atoms with Gasteiger partial charge in [0.05, 0.1) is 12.0 Å². The third-order valence-corrected chi connectivity index (χ3v) is 6.37. The van der Waals surface area contributed by atoms with Crippen LogP contribution in [-0.4, -0.2) is 23.2 Å². The molecule has 1 aliphatic rings. The second-order valence-corrected chi connectivity index (χ2v) is 7.51. The molecule has 24 heavy (non-hydrogen) atoms. The van der Waals surface area contributed by atoms with Crippen LogP contribution >= 0.6 is 43.6 Å². The van der Waals surface area contributed by atoms with Gasteiger partial charge in [-0.25, -0.2) is 4.99 Å². The van der Waals surface area contributed by atoms with E-state index in [1.54, 1.807) is 12.1 Å². The Kier molecular flexibility index (Phi) is 5.12. The predicted molar refractivity (Wildman–Crippen MR) is 104 cm³/mol. The number of thioether (sulfide) groups is 1. The van der Waals surface area contributed by atoms with Crippen LogP contribution in [0.2, 0.25) is 0 Å². The number of phenolic OH excluding ortho intramolecular Hbond substituents is 1. The van der Waals surface area contributed by atoms with Crippen molar-refractivity contribution in [2.24, 2.45) is 4.99 Å². The molecule has 0 bridgehead atoms. The van der Waals surface area contributed by atoms with E-state index in [2.05, 4.69) is 36.9 Å². The number of benzene rings is 2. The number of aliphatic imine (C=N–C) groups is 1. The number of aromatic hydroxyl groups is 1. The number of nitrogens with zero attached hydrogens (tertiary/aromatic N) is 1. The zero-order valence-electron chi connectivity index (χ0n) is 12.4. The highest BCUT2D eigenvalue weighted by atomic mass is 79.9. The summed E-state index contributed by atoms with van der Waals surface area (Å²) in [7, 11) is 1.47. The van der Waals surface area contributed by atoms with Crippen LogP contribution in [0, 0.1) is 0 Å². The van der Waals surface area contributed by atoms with Crippen molar-refractivity contribution in [2.75, 3.05) is 7.11 Å². The normalized spacial score (nSPS) is 15.7. The molecule has 2 aromatic carbocycles. The molecule has 0 spiro atoms. The summed E-state index contributed by atoms with van der Waals surface area (Å²) in [6.07, 6.45) is 1.61. The Morgan fingerprint density at radius 3 is 2.62 bits per heavy atom. The van der Waals surface area contributed by atoms with E-state index >= 15 is 0 Å². The topological polar surface area (TPSA) is 58.9 Å². The van der Waals surface area contributed by atoms with Crippen molar-refractivity contribution in [3.05, 3.63) is 61.4 Å². The minimum atomic E-state index is -0.330. The summed E-state index contributed by atoms with van der Waals surface area (Å²) >= 11 is 8.09. The van der Waals surface area contributed by atoms with Crippen LogP contribution in [0.3, 0.4) is 0 Å². The fourth-order valence-electron chi connectivity index (χ4n) is 2.14. The van der Waals surface area contributed by atoms with E-state index < -0.39 is 0 Å². The summed E-state index contributed by atoms with van der Waals surface area (Å²) in [4.78, 5) is 16.7. The Bertz CT molecular complexity index is 879. The van der Waals surface area contributed by atoms with Gasteiger partial charge in [0.1, 0.15) is 5.04 Å². The molecule has 0 aliphatic carbocycles. The van der Waals surface area contributed by atoms with E-state index in [0.717, 1.165) is 5.56 Å². The largest absolute Gasteiger partial charge is 0.504 e. The molecular formula is C17H11Br2NO3S. The Morgan fingerprint density at radius 1 is 1.25 bits per heavy atom. The van der Waals surface area contributed by atoms with Crippen molar-refractivity contribution in [2.45, 2.75) is 0 Å². The second kappa shape index (κ2) is 7.13. The molecule has 7 heteroatoms. The molecule has 1 heterocycles. The molecule has 1 aliphatic heterocycles.